The lowest BCUT2D eigenvalue weighted by atomic mass is 10.0. The Bertz CT molecular complexity index is 655. The molecule has 1 aliphatic rings. The van der Waals surface area contributed by atoms with E-state index in [-0.39, 0.29) is 37.5 Å². The van der Waals surface area contributed by atoms with Crippen LogP contribution in [0.5, 0.6) is 0 Å². The third-order valence-corrected chi connectivity index (χ3v) is 6.99. The van der Waals surface area contributed by atoms with E-state index in [9.17, 15) is 8.42 Å². The van der Waals surface area contributed by atoms with Crippen molar-refractivity contribution in [2.24, 2.45) is 10.8 Å². The fourth-order valence-electron chi connectivity index (χ4n) is 2.47. The molecule has 0 amide bonds. The first-order chi connectivity index (χ1) is 8.93. The van der Waals surface area contributed by atoms with E-state index in [2.05, 4.69) is 4.72 Å². The van der Waals surface area contributed by atoms with Crippen molar-refractivity contribution in [3.05, 3.63) is 22.2 Å². The molecule has 0 radical (unpaired) electrons. The third kappa shape index (κ3) is 2.21. The zero-order chi connectivity index (χ0) is 15.5. The number of hydrogen-bond acceptors (Lipinski definition) is 3. The molecule has 7 heteroatoms. The molecule has 112 valence electrons. The zero-order valence-corrected chi connectivity index (χ0v) is 14.1. The second kappa shape index (κ2) is 4.50. The van der Waals surface area contributed by atoms with Gasteiger partial charge in [-0.25, -0.2) is 13.1 Å². The minimum Gasteiger partial charge on any atom is -0.396 e. The van der Waals surface area contributed by atoms with E-state index in [1.54, 1.807) is 0 Å². The first-order valence-electron chi connectivity index (χ1n) is 6.18. The van der Waals surface area contributed by atoms with Crippen molar-refractivity contribution in [2.75, 3.05) is 5.73 Å². The van der Waals surface area contributed by atoms with E-state index in [4.69, 9.17) is 28.9 Å². The number of halogens is 2. The Morgan fingerprint density at radius 3 is 2.10 bits per heavy atom. The van der Waals surface area contributed by atoms with Crippen molar-refractivity contribution in [3.63, 3.8) is 0 Å². The molecular weight excluding hydrogens is 319 g/mol. The molecule has 0 bridgehead atoms. The molecular formula is C13H18Cl2N2O2S. The van der Waals surface area contributed by atoms with Crippen LogP contribution in [0.25, 0.3) is 0 Å². The second-order valence-electron chi connectivity index (χ2n) is 6.27. The molecule has 1 saturated carbocycles. The zero-order valence-electron chi connectivity index (χ0n) is 11.8. The standard InChI is InChI=1S/C13H18Cl2N2O2S/c1-12(2)11(13(12,3)4)17-20(18,19)8-6-5-7(14)10(16)9(8)15/h5-6,11,17H,16H2,1-4H3. The van der Waals surface area contributed by atoms with Crippen LogP contribution in [-0.2, 0) is 10.0 Å². The minimum absolute atomic E-state index is 0.0405. The number of hydrogen-bond donors (Lipinski definition) is 2. The van der Waals surface area contributed by atoms with Gasteiger partial charge in [-0.15, -0.1) is 0 Å². The van der Waals surface area contributed by atoms with Crippen molar-refractivity contribution in [1.82, 2.24) is 4.72 Å². The highest BCUT2D eigenvalue weighted by atomic mass is 35.5. The summed E-state index contributed by atoms with van der Waals surface area (Å²) in [4.78, 5) is -0.0421. The van der Waals surface area contributed by atoms with Crippen LogP contribution in [0.2, 0.25) is 10.0 Å². The average molecular weight is 337 g/mol. The first kappa shape index (κ1) is 15.9. The monoisotopic (exact) mass is 336 g/mol. The maximum Gasteiger partial charge on any atom is 0.242 e. The molecule has 0 unspecified atom stereocenters. The number of rotatable bonds is 3. The van der Waals surface area contributed by atoms with Crippen LogP contribution >= 0.6 is 23.2 Å². The molecule has 1 aromatic rings. The Morgan fingerprint density at radius 2 is 1.65 bits per heavy atom. The van der Waals surface area contributed by atoms with Gasteiger partial charge in [-0.2, -0.15) is 0 Å². The van der Waals surface area contributed by atoms with Crippen LogP contribution in [0.4, 0.5) is 5.69 Å². The van der Waals surface area contributed by atoms with Gasteiger partial charge in [-0.3, -0.25) is 0 Å². The van der Waals surface area contributed by atoms with Gasteiger partial charge in [0.05, 0.1) is 15.7 Å². The molecule has 20 heavy (non-hydrogen) atoms. The molecule has 2 rings (SSSR count). The van der Waals surface area contributed by atoms with Gasteiger partial charge in [0.15, 0.2) is 0 Å². The van der Waals surface area contributed by atoms with Crippen LogP contribution < -0.4 is 10.5 Å². The normalized spacial score (nSPS) is 20.9. The Labute approximate surface area is 129 Å². The van der Waals surface area contributed by atoms with Crippen molar-refractivity contribution in [2.45, 2.75) is 38.6 Å². The van der Waals surface area contributed by atoms with Crippen molar-refractivity contribution in [3.8, 4) is 0 Å². The van der Waals surface area contributed by atoms with Crippen molar-refractivity contribution >= 4 is 38.9 Å². The third-order valence-electron chi connectivity index (χ3n) is 4.67. The predicted molar refractivity (Wildman–Crippen MR) is 82.5 cm³/mol. The van der Waals surface area contributed by atoms with Gasteiger partial charge in [0.2, 0.25) is 10.0 Å². The maximum absolute atomic E-state index is 12.4. The smallest absolute Gasteiger partial charge is 0.242 e. The number of nitrogens with two attached hydrogens (primary N) is 1. The van der Waals surface area contributed by atoms with Crippen molar-refractivity contribution < 1.29 is 8.42 Å². The van der Waals surface area contributed by atoms with Crippen LogP contribution in [0, 0.1) is 10.8 Å². The second-order valence-corrected chi connectivity index (χ2v) is 8.74. The number of nitrogens with one attached hydrogen (secondary N) is 1. The Hall–Kier alpha value is -0.490. The molecule has 0 aliphatic heterocycles. The predicted octanol–water partition coefficient (Wildman–Crippen LogP) is 3.29. The lowest BCUT2D eigenvalue weighted by molar-refractivity contribution is 0.457. The van der Waals surface area contributed by atoms with E-state index in [0.29, 0.717) is 0 Å². The van der Waals surface area contributed by atoms with E-state index in [0.717, 1.165) is 0 Å². The summed E-state index contributed by atoms with van der Waals surface area (Å²) in [6.45, 7) is 8.10. The van der Waals surface area contributed by atoms with Crippen LogP contribution in [0.3, 0.4) is 0 Å². The lowest BCUT2D eigenvalue weighted by Gasteiger charge is -2.11. The first-order valence-corrected chi connectivity index (χ1v) is 8.42. The molecule has 1 fully saturated rings. The van der Waals surface area contributed by atoms with Gasteiger partial charge in [0, 0.05) is 6.04 Å². The number of anilines is 1. The molecule has 0 heterocycles. The molecule has 0 atom stereocenters. The summed E-state index contributed by atoms with van der Waals surface area (Å²) < 4.78 is 27.6. The molecule has 0 spiro atoms. The molecule has 3 N–H and O–H groups in total. The van der Waals surface area contributed by atoms with E-state index >= 15 is 0 Å². The fraction of sp³-hybridized carbons (Fsp3) is 0.538. The Kier molecular flexibility index (Phi) is 3.58. The van der Waals surface area contributed by atoms with Gasteiger partial charge in [-0.05, 0) is 23.0 Å². The van der Waals surface area contributed by atoms with Crippen molar-refractivity contribution in [1.29, 1.82) is 0 Å². The molecule has 0 aromatic heterocycles. The molecule has 0 saturated heterocycles. The van der Waals surface area contributed by atoms with Gasteiger partial charge >= 0.3 is 0 Å². The SMILES string of the molecule is CC1(C)C(NS(=O)(=O)c2ccc(Cl)c(N)c2Cl)C1(C)C. The number of nitrogen functional groups attached to an aromatic ring is 1. The highest BCUT2D eigenvalue weighted by Gasteiger charge is 2.66. The van der Waals surface area contributed by atoms with E-state index in [1.165, 1.54) is 12.1 Å². The summed E-state index contributed by atoms with van der Waals surface area (Å²) in [5.41, 5.74) is 5.54. The van der Waals surface area contributed by atoms with Gasteiger partial charge < -0.3 is 5.73 Å². The summed E-state index contributed by atoms with van der Waals surface area (Å²) in [7, 11) is -3.73. The summed E-state index contributed by atoms with van der Waals surface area (Å²) >= 11 is 11.8. The number of sulfonamides is 1. The summed E-state index contributed by atoms with van der Waals surface area (Å²) in [5, 5.41) is 0.197. The van der Waals surface area contributed by atoms with Crippen LogP contribution in [0.1, 0.15) is 27.7 Å². The summed E-state index contributed by atoms with van der Waals surface area (Å²) in [6, 6.07) is 2.65. The highest BCUT2D eigenvalue weighted by Crippen LogP contribution is 2.63. The van der Waals surface area contributed by atoms with Crippen LogP contribution in [0.15, 0.2) is 17.0 Å². The molecule has 1 aliphatic carbocycles. The average Bonchev–Trinajstić information content (AvgIpc) is 2.68. The van der Waals surface area contributed by atoms with Gasteiger partial charge in [0.1, 0.15) is 4.90 Å². The largest absolute Gasteiger partial charge is 0.396 e. The van der Waals surface area contributed by atoms with Gasteiger partial charge in [-0.1, -0.05) is 50.9 Å². The Morgan fingerprint density at radius 1 is 1.15 bits per heavy atom. The minimum atomic E-state index is -3.73. The van der Waals surface area contributed by atoms with Gasteiger partial charge in [0.25, 0.3) is 0 Å². The summed E-state index contributed by atoms with van der Waals surface area (Å²) in [6.07, 6.45) is 0. The topological polar surface area (TPSA) is 72.2 Å². The highest BCUT2D eigenvalue weighted by molar-refractivity contribution is 7.89. The van der Waals surface area contributed by atoms with Crippen LogP contribution in [-0.4, -0.2) is 14.5 Å². The van der Waals surface area contributed by atoms with E-state index in [1.807, 2.05) is 27.7 Å². The molecule has 1 aromatic carbocycles. The van der Waals surface area contributed by atoms with E-state index < -0.39 is 10.0 Å². The Balaban J connectivity index is 2.37. The number of benzene rings is 1. The fourth-order valence-corrected chi connectivity index (χ4v) is 4.76. The molecule has 4 nitrogen and oxygen atoms in total. The summed E-state index contributed by atoms with van der Waals surface area (Å²) in [5.74, 6) is 0. The maximum atomic E-state index is 12.4. The quantitative estimate of drug-likeness (QED) is 0.832. The lowest BCUT2D eigenvalue weighted by Crippen LogP contribution is -2.30.